The first-order valence-electron chi connectivity index (χ1n) is 7.82. The number of aromatic nitrogens is 1. The third-order valence-electron chi connectivity index (χ3n) is 4.58. The van der Waals surface area contributed by atoms with Crippen LogP contribution in [0, 0.1) is 17.2 Å². The molecule has 4 nitrogen and oxygen atoms in total. The summed E-state index contributed by atoms with van der Waals surface area (Å²) in [5, 5.41) is 6.06. The van der Waals surface area contributed by atoms with Gasteiger partial charge in [-0.25, -0.2) is 9.37 Å². The Morgan fingerprint density at radius 3 is 2.86 bits per heavy atom. The zero-order chi connectivity index (χ0) is 14.9. The van der Waals surface area contributed by atoms with Crippen LogP contribution in [0.15, 0.2) is 12.3 Å². The van der Waals surface area contributed by atoms with Gasteiger partial charge in [0, 0.05) is 13.1 Å². The highest BCUT2D eigenvalue weighted by Crippen LogP contribution is 2.60. The largest absolute Gasteiger partial charge is 0.369 e. The summed E-state index contributed by atoms with van der Waals surface area (Å²) in [6, 6.07) is 1.26. The second kappa shape index (κ2) is 5.62. The lowest BCUT2D eigenvalue weighted by Crippen LogP contribution is -2.32. The Morgan fingerprint density at radius 2 is 2.24 bits per heavy atom. The van der Waals surface area contributed by atoms with E-state index >= 15 is 0 Å². The van der Waals surface area contributed by atoms with Crippen molar-refractivity contribution in [3.63, 3.8) is 0 Å². The monoisotopic (exact) mass is 291 g/mol. The summed E-state index contributed by atoms with van der Waals surface area (Å²) in [6.45, 7) is 3.45. The van der Waals surface area contributed by atoms with Gasteiger partial charge in [0.25, 0.3) is 5.91 Å². The molecule has 0 radical (unpaired) electrons. The third kappa shape index (κ3) is 3.17. The molecule has 5 heteroatoms. The molecule has 1 amide bonds. The van der Waals surface area contributed by atoms with Gasteiger partial charge in [0.1, 0.15) is 11.6 Å². The number of nitrogens with one attached hydrogen (secondary N) is 2. The van der Waals surface area contributed by atoms with E-state index in [0.717, 1.165) is 18.5 Å². The number of carbonyl (C=O) groups excluding carboxylic acids is 1. The number of halogens is 1. The highest BCUT2D eigenvalue weighted by molar-refractivity contribution is 5.98. The van der Waals surface area contributed by atoms with Crippen LogP contribution in [0.2, 0.25) is 0 Å². The lowest BCUT2D eigenvalue weighted by Gasteiger charge is -2.16. The summed E-state index contributed by atoms with van der Waals surface area (Å²) in [4.78, 5) is 16.3. The summed E-state index contributed by atoms with van der Waals surface area (Å²) >= 11 is 0. The van der Waals surface area contributed by atoms with Crippen molar-refractivity contribution in [3.05, 3.63) is 23.6 Å². The Labute approximate surface area is 124 Å². The van der Waals surface area contributed by atoms with Gasteiger partial charge in [-0.1, -0.05) is 6.92 Å². The molecule has 0 aromatic carbocycles. The third-order valence-corrected chi connectivity index (χ3v) is 4.58. The van der Waals surface area contributed by atoms with Crippen LogP contribution in [-0.2, 0) is 0 Å². The Kier molecular flexibility index (Phi) is 3.83. The molecule has 0 saturated heterocycles. The van der Waals surface area contributed by atoms with Gasteiger partial charge in [-0.3, -0.25) is 4.79 Å². The maximum absolute atomic E-state index is 13.4. The van der Waals surface area contributed by atoms with E-state index in [4.69, 9.17) is 0 Å². The Hall–Kier alpha value is -1.65. The minimum atomic E-state index is -0.481. The highest BCUT2D eigenvalue weighted by Gasteiger charge is 2.53. The SMILES string of the molecule is CCCNc1ncc(F)cc1C(=O)NCC1(C2CC2)CC1. The molecule has 114 valence electrons. The molecule has 2 aliphatic carbocycles. The van der Waals surface area contributed by atoms with E-state index in [1.807, 2.05) is 6.92 Å². The molecule has 0 aliphatic heterocycles. The second-order valence-electron chi connectivity index (χ2n) is 6.30. The molecular formula is C16H22FN3O. The lowest BCUT2D eigenvalue weighted by molar-refractivity contribution is 0.0942. The van der Waals surface area contributed by atoms with Gasteiger partial charge >= 0.3 is 0 Å². The van der Waals surface area contributed by atoms with Gasteiger partial charge in [0.2, 0.25) is 0 Å². The molecule has 0 bridgehead atoms. The molecule has 1 heterocycles. The van der Waals surface area contributed by atoms with Crippen molar-refractivity contribution in [1.29, 1.82) is 0 Å². The van der Waals surface area contributed by atoms with E-state index in [1.165, 1.54) is 31.7 Å². The number of hydrogen-bond donors (Lipinski definition) is 2. The highest BCUT2D eigenvalue weighted by atomic mass is 19.1. The number of nitrogens with zero attached hydrogens (tertiary/aromatic N) is 1. The smallest absolute Gasteiger partial charge is 0.255 e. The van der Waals surface area contributed by atoms with Crippen LogP contribution in [0.1, 0.15) is 49.4 Å². The fraction of sp³-hybridized carbons (Fsp3) is 0.625. The predicted molar refractivity (Wildman–Crippen MR) is 79.7 cm³/mol. The average molecular weight is 291 g/mol. The molecular weight excluding hydrogens is 269 g/mol. The Morgan fingerprint density at radius 1 is 1.48 bits per heavy atom. The standard InChI is InChI=1S/C16H22FN3O/c1-2-7-18-14-13(8-12(17)9-19-14)15(21)20-10-16(5-6-16)11-3-4-11/h8-9,11H,2-7,10H2,1H3,(H,18,19)(H,20,21). The van der Waals surface area contributed by atoms with E-state index in [1.54, 1.807) is 0 Å². The normalized spacial score (nSPS) is 19.1. The zero-order valence-electron chi connectivity index (χ0n) is 12.4. The van der Waals surface area contributed by atoms with Crippen LogP contribution in [0.25, 0.3) is 0 Å². The minimum Gasteiger partial charge on any atom is -0.369 e. The first kappa shape index (κ1) is 14.3. The summed E-state index contributed by atoms with van der Waals surface area (Å²) in [5.41, 5.74) is 0.642. The number of hydrogen-bond acceptors (Lipinski definition) is 3. The zero-order valence-corrected chi connectivity index (χ0v) is 12.4. The van der Waals surface area contributed by atoms with Crippen molar-refractivity contribution >= 4 is 11.7 Å². The van der Waals surface area contributed by atoms with E-state index in [-0.39, 0.29) is 5.91 Å². The first-order valence-corrected chi connectivity index (χ1v) is 7.82. The number of rotatable bonds is 7. The van der Waals surface area contributed by atoms with E-state index in [0.29, 0.717) is 29.9 Å². The van der Waals surface area contributed by atoms with Gasteiger partial charge in [-0.2, -0.15) is 0 Å². The maximum atomic E-state index is 13.4. The Bertz CT molecular complexity index is 538. The molecule has 2 fully saturated rings. The molecule has 2 saturated carbocycles. The van der Waals surface area contributed by atoms with Crippen LogP contribution in [0.4, 0.5) is 10.2 Å². The van der Waals surface area contributed by atoms with Gasteiger partial charge < -0.3 is 10.6 Å². The van der Waals surface area contributed by atoms with Crippen LogP contribution in [0.3, 0.4) is 0 Å². The van der Waals surface area contributed by atoms with Crippen molar-refractivity contribution in [3.8, 4) is 0 Å². The fourth-order valence-electron chi connectivity index (χ4n) is 2.93. The summed E-state index contributed by atoms with van der Waals surface area (Å²) in [6.07, 6.45) is 7.06. The van der Waals surface area contributed by atoms with Crippen LogP contribution < -0.4 is 10.6 Å². The minimum absolute atomic E-state index is 0.229. The van der Waals surface area contributed by atoms with Crippen LogP contribution in [0.5, 0.6) is 0 Å². The van der Waals surface area contributed by atoms with Crippen molar-refractivity contribution in [1.82, 2.24) is 10.3 Å². The first-order chi connectivity index (χ1) is 10.1. The van der Waals surface area contributed by atoms with Crippen molar-refractivity contribution in [2.24, 2.45) is 11.3 Å². The molecule has 0 spiro atoms. The molecule has 3 rings (SSSR count). The van der Waals surface area contributed by atoms with Crippen LogP contribution >= 0.6 is 0 Å². The van der Waals surface area contributed by atoms with Crippen molar-refractivity contribution < 1.29 is 9.18 Å². The molecule has 0 atom stereocenters. The quantitative estimate of drug-likeness (QED) is 0.812. The average Bonchev–Trinajstić information content (AvgIpc) is 3.36. The molecule has 2 aliphatic rings. The summed E-state index contributed by atoms with van der Waals surface area (Å²) in [7, 11) is 0. The van der Waals surface area contributed by atoms with Crippen molar-refractivity contribution in [2.75, 3.05) is 18.4 Å². The van der Waals surface area contributed by atoms with Crippen LogP contribution in [-0.4, -0.2) is 24.0 Å². The second-order valence-corrected chi connectivity index (χ2v) is 6.30. The molecule has 1 aromatic rings. The lowest BCUT2D eigenvalue weighted by atomic mass is 10.0. The molecule has 21 heavy (non-hydrogen) atoms. The predicted octanol–water partition coefficient (Wildman–Crippen LogP) is 2.96. The number of pyridine rings is 1. The number of anilines is 1. The summed E-state index contributed by atoms with van der Waals surface area (Å²) < 4.78 is 13.4. The van der Waals surface area contributed by atoms with Gasteiger partial charge in [-0.15, -0.1) is 0 Å². The summed E-state index contributed by atoms with van der Waals surface area (Å²) in [5.74, 6) is 0.547. The van der Waals surface area contributed by atoms with Gasteiger partial charge in [0.15, 0.2) is 0 Å². The molecule has 2 N–H and O–H groups in total. The number of carbonyl (C=O) groups is 1. The number of amides is 1. The van der Waals surface area contributed by atoms with Crippen molar-refractivity contribution in [2.45, 2.75) is 39.0 Å². The molecule has 1 aromatic heterocycles. The van der Waals surface area contributed by atoms with E-state index < -0.39 is 5.82 Å². The Balaban J connectivity index is 1.66. The topological polar surface area (TPSA) is 54.0 Å². The van der Waals surface area contributed by atoms with E-state index in [2.05, 4.69) is 15.6 Å². The van der Waals surface area contributed by atoms with Gasteiger partial charge in [-0.05, 0) is 49.5 Å². The fourth-order valence-corrected chi connectivity index (χ4v) is 2.93. The van der Waals surface area contributed by atoms with Gasteiger partial charge in [0.05, 0.1) is 11.8 Å². The maximum Gasteiger partial charge on any atom is 0.255 e. The van der Waals surface area contributed by atoms with E-state index in [9.17, 15) is 9.18 Å². The molecule has 0 unspecified atom stereocenters.